The number of hydrogen-bond acceptors (Lipinski definition) is 4. The summed E-state index contributed by atoms with van der Waals surface area (Å²) in [7, 11) is 0. The normalized spacial score (nSPS) is 4.80. The van der Waals surface area contributed by atoms with Gasteiger partial charge in [0.15, 0.2) is 0 Å². The number of hydrogen-bond donors (Lipinski definition) is 2. The van der Waals surface area contributed by atoms with E-state index in [1.54, 1.807) is 0 Å². The Labute approximate surface area is 95.2 Å². The van der Waals surface area contributed by atoms with Crippen LogP contribution < -0.4 is 0 Å². The smallest absolute Gasteiger partial charge is 0.328 e. The summed E-state index contributed by atoms with van der Waals surface area (Å²) in [5.74, 6) is 0. The molecule has 48 valence electrons. The Morgan fingerprint density at radius 3 is 1.00 bits per heavy atom. The van der Waals surface area contributed by atoms with Gasteiger partial charge in [-0.1, -0.05) is 0 Å². The standard InChI is InChI=1S/Al.Ca.2HNO3/c;;2*2-1(3)4/h;;2*(H,2,3,4)/q+3;+2;;. The fourth-order valence-corrected chi connectivity index (χ4v) is 0. The van der Waals surface area contributed by atoms with E-state index in [1.165, 1.54) is 0 Å². The summed E-state index contributed by atoms with van der Waals surface area (Å²) in [6, 6.07) is 0. The Balaban J connectivity index is -0.0000000300. The molecule has 0 unspecified atom stereocenters. The fourth-order valence-electron chi connectivity index (χ4n) is 0. The Bertz CT molecular complexity index is 73.7. The number of rotatable bonds is 0. The van der Waals surface area contributed by atoms with E-state index < -0.39 is 10.2 Å². The molecule has 0 aromatic heterocycles. The predicted octanol–water partition coefficient (Wildman–Crippen LogP) is -1.46. The van der Waals surface area contributed by atoms with Crippen LogP contribution >= 0.6 is 0 Å². The molecule has 0 saturated carbocycles. The third-order valence-corrected chi connectivity index (χ3v) is 0. The maximum Gasteiger partial charge on any atom is 3.00 e. The summed E-state index contributed by atoms with van der Waals surface area (Å²) < 4.78 is 0. The van der Waals surface area contributed by atoms with Crippen molar-refractivity contribution < 1.29 is 20.6 Å². The van der Waals surface area contributed by atoms with Crippen LogP contribution in [0.2, 0.25) is 0 Å². The van der Waals surface area contributed by atoms with E-state index in [1.807, 2.05) is 0 Å². The van der Waals surface area contributed by atoms with E-state index in [0.29, 0.717) is 0 Å². The second-order valence-corrected chi connectivity index (χ2v) is 0.476. The molecule has 0 heterocycles. The van der Waals surface area contributed by atoms with Crippen LogP contribution in [0.5, 0.6) is 0 Å². The van der Waals surface area contributed by atoms with Gasteiger partial charge >= 0.3 is 55.1 Å². The van der Waals surface area contributed by atoms with Crippen LogP contribution in [0.25, 0.3) is 0 Å². The quantitative estimate of drug-likeness (QED) is 0.275. The van der Waals surface area contributed by atoms with Gasteiger partial charge in [0.05, 0.1) is 0 Å². The molecular weight excluding hydrogens is 191 g/mol. The van der Waals surface area contributed by atoms with Gasteiger partial charge < -0.3 is 10.4 Å². The summed E-state index contributed by atoms with van der Waals surface area (Å²) >= 11 is 0. The summed E-state index contributed by atoms with van der Waals surface area (Å²) in [6.45, 7) is 0. The predicted molar refractivity (Wildman–Crippen MR) is 29.1 cm³/mol. The van der Waals surface area contributed by atoms with Crippen molar-refractivity contribution in [2.45, 2.75) is 0 Å². The molecule has 0 aliphatic carbocycles. The Kier molecular flexibility index (Phi) is 36.1. The van der Waals surface area contributed by atoms with Crippen molar-refractivity contribution in [2.75, 3.05) is 0 Å². The van der Waals surface area contributed by atoms with E-state index in [-0.39, 0.29) is 55.1 Å². The van der Waals surface area contributed by atoms with Gasteiger partial charge in [-0.25, -0.2) is 0 Å². The minimum absolute atomic E-state index is 0. The molecule has 0 aliphatic heterocycles. The molecule has 0 atom stereocenters. The minimum atomic E-state index is -1.50. The molecule has 0 aromatic carbocycles. The van der Waals surface area contributed by atoms with Gasteiger partial charge in [-0.3, -0.25) is 0 Å². The first-order valence-electron chi connectivity index (χ1n) is 1.13. The third-order valence-electron chi connectivity index (χ3n) is 0. The molecule has 0 aliphatic rings. The van der Waals surface area contributed by atoms with Crippen LogP contribution in [0, 0.1) is 20.2 Å². The van der Waals surface area contributed by atoms with Crippen LogP contribution in [0.15, 0.2) is 0 Å². The molecule has 0 amide bonds. The summed E-state index contributed by atoms with van der Waals surface area (Å²) in [5.41, 5.74) is 0. The van der Waals surface area contributed by atoms with Gasteiger partial charge in [-0.2, -0.15) is 0 Å². The molecular formula is H2AlCaN2O6+5. The molecule has 0 aromatic rings. The first-order valence-corrected chi connectivity index (χ1v) is 1.13. The molecule has 0 radical (unpaired) electrons. The van der Waals surface area contributed by atoms with Gasteiger partial charge in [-0.15, -0.1) is 20.2 Å². The first kappa shape index (κ1) is 22.5. The second kappa shape index (κ2) is 16.1. The topological polar surface area (TPSA) is 127 Å². The van der Waals surface area contributed by atoms with Crippen LogP contribution in [-0.2, 0) is 0 Å². The van der Waals surface area contributed by atoms with Gasteiger partial charge in [0.1, 0.15) is 0 Å². The van der Waals surface area contributed by atoms with Crippen LogP contribution in [0.4, 0.5) is 0 Å². The minimum Gasteiger partial charge on any atom is -0.328 e. The van der Waals surface area contributed by atoms with Crippen LogP contribution in [-0.4, -0.2) is 75.7 Å². The van der Waals surface area contributed by atoms with Gasteiger partial charge in [0, 0.05) is 0 Å². The van der Waals surface area contributed by atoms with Crippen molar-refractivity contribution in [3.63, 3.8) is 0 Å². The molecule has 2 N–H and O–H groups in total. The monoisotopic (exact) mass is 193 g/mol. The summed E-state index contributed by atoms with van der Waals surface area (Å²) in [6.07, 6.45) is 0. The van der Waals surface area contributed by atoms with Crippen LogP contribution in [0.1, 0.15) is 0 Å². The van der Waals surface area contributed by atoms with Crippen molar-refractivity contribution in [1.29, 1.82) is 0 Å². The van der Waals surface area contributed by atoms with Gasteiger partial charge in [-0.05, 0) is 0 Å². The molecule has 10 heteroatoms. The summed E-state index contributed by atoms with van der Waals surface area (Å²) in [5, 5.41) is 27.3. The second-order valence-electron chi connectivity index (χ2n) is 0.476. The average Bonchev–Trinajstić information content (AvgIpc) is 1.25. The molecule has 0 saturated heterocycles. The van der Waals surface area contributed by atoms with Crippen LogP contribution in [0.3, 0.4) is 0 Å². The van der Waals surface area contributed by atoms with Crippen molar-refractivity contribution in [2.24, 2.45) is 0 Å². The Morgan fingerprint density at radius 2 is 1.00 bits per heavy atom. The molecule has 8 nitrogen and oxygen atoms in total. The molecule has 0 spiro atoms. The maximum atomic E-state index is 8.36. The van der Waals surface area contributed by atoms with E-state index >= 15 is 0 Å². The van der Waals surface area contributed by atoms with E-state index in [4.69, 9.17) is 30.6 Å². The van der Waals surface area contributed by atoms with Gasteiger partial charge in [0.2, 0.25) is 0 Å². The van der Waals surface area contributed by atoms with E-state index in [9.17, 15) is 0 Å². The zero-order chi connectivity index (χ0) is 7.15. The molecule has 0 bridgehead atoms. The van der Waals surface area contributed by atoms with Gasteiger partial charge in [0.25, 0.3) is 10.2 Å². The zero-order valence-electron chi connectivity index (χ0n) is 4.71. The van der Waals surface area contributed by atoms with Crippen molar-refractivity contribution >= 4 is 55.1 Å². The number of nitrogens with zero attached hydrogens (tertiary/aromatic N) is 2. The molecule has 0 rings (SSSR count). The fraction of sp³-hybridized carbons (Fsp3) is 0. The first-order chi connectivity index (χ1) is 3.46. The largest absolute Gasteiger partial charge is 3.00 e. The summed E-state index contributed by atoms with van der Waals surface area (Å²) in [4.78, 5) is 16.7. The van der Waals surface area contributed by atoms with E-state index in [2.05, 4.69) is 0 Å². The van der Waals surface area contributed by atoms with Crippen molar-refractivity contribution in [3.8, 4) is 0 Å². The van der Waals surface area contributed by atoms with Crippen molar-refractivity contribution in [3.05, 3.63) is 20.2 Å². The Morgan fingerprint density at radius 1 is 1.00 bits per heavy atom. The maximum absolute atomic E-state index is 8.36. The average molecular weight is 193 g/mol. The zero-order valence-corrected chi connectivity index (χ0v) is 8.07. The Hall–Kier alpha value is 0.192. The third kappa shape index (κ3) is 11500. The molecule has 10 heavy (non-hydrogen) atoms. The molecule has 0 fully saturated rings. The van der Waals surface area contributed by atoms with E-state index in [0.717, 1.165) is 0 Å². The SMILES string of the molecule is O=[N+]([O-])O.O=[N+]([O-])O.[Al+3].[Ca+2]. The van der Waals surface area contributed by atoms with Crippen molar-refractivity contribution in [1.82, 2.24) is 0 Å².